The fourth-order valence-corrected chi connectivity index (χ4v) is 2.85. The summed E-state index contributed by atoms with van der Waals surface area (Å²) in [6.45, 7) is 0. The van der Waals surface area contributed by atoms with Crippen molar-refractivity contribution < 1.29 is 4.42 Å². The molecular formula is C21H13N3O2. The van der Waals surface area contributed by atoms with E-state index in [1.54, 1.807) is 42.7 Å². The van der Waals surface area contributed by atoms with Crippen LogP contribution in [0.25, 0.3) is 28.1 Å². The normalized spacial score (nSPS) is 10.4. The molecule has 3 aromatic heterocycles. The predicted molar refractivity (Wildman–Crippen MR) is 97.7 cm³/mol. The highest BCUT2D eigenvalue weighted by atomic mass is 16.3. The molecule has 0 radical (unpaired) electrons. The quantitative estimate of drug-likeness (QED) is 0.565. The van der Waals surface area contributed by atoms with Crippen molar-refractivity contribution in [3.8, 4) is 34.1 Å². The minimum atomic E-state index is -0.228. The van der Waals surface area contributed by atoms with Gasteiger partial charge in [-0.25, -0.2) is 0 Å². The van der Waals surface area contributed by atoms with Gasteiger partial charge in [0.1, 0.15) is 6.26 Å². The summed E-state index contributed by atoms with van der Waals surface area (Å²) in [5.41, 5.74) is 3.37. The monoisotopic (exact) mass is 339 g/mol. The number of hydrogen-bond donors (Lipinski definition) is 0. The first-order valence-corrected chi connectivity index (χ1v) is 7.98. The second-order valence-corrected chi connectivity index (χ2v) is 5.67. The van der Waals surface area contributed by atoms with Crippen molar-refractivity contribution in [1.82, 2.24) is 9.55 Å². The van der Waals surface area contributed by atoms with Crippen LogP contribution in [0.2, 0.25) is 0 Å². The maximum Gasteiger partial charge on any atom is 0.263 e. The number of aromatic nitrogens is 2. The van der Waals surface area contributed by atoms with Crippen LogP contribution in [0.5, 0.6) is 0 Å². The van der Waals surface area contributed by atoms with Gasteiger partial charge in [-0.15, -0.1) is 0 Å². The summed E-state index contributed by atoms with van der Waals surface area (Å²) in [5, 5.41) is 9.42. The van der Waals surface area contributed by atoms with E-state index in [0.717, 1.165) is 11.3 Å². The molecular weight excluding hydrogens is 326 g/mol. The summed E-state index contributed by atoms with van der Waals surface area (Å²) >= 11 is 0. The molecule has 0 aliphatic carbocycles. The lowest BCUT2D eigenvalue weighted by Crippen LogP contribution is -2.20. The van der Waals surface area contributed by atoms with Crippen LogP contribution in [0, 0.1) is 11.3 Å². The first-order valence-electron chi connectivity index (χ1n) is 7.98. The van der Waals surface area contributed by atoms with Crippen LogP contribution in [0.1, 0.15) is 5.56 Å². The van der Waals surface area contributed by atoms with Gasteiger partial charge in [-0.2, -0.15) is 5.26 Å². The molecule has 0 saturated heterocycles. The minimum Gasteiger partial charge on any atom is -0.470 e. The Bertz CT molecular complexity index is 1150. The molecule has 0 unspecified atom stereocenters. The van der Waals surface area contributed by atoms with Crippen molar-refractivity contribution in [3.05, 3.63) is 95.4 Å². The van der Waals surface area contributed by atoms with E-state index in [9.17, 15) is 10.1 Å². The molecule has 5 nitrogen and oxygen atoms in total. The van der Waals surface area contributed by atoms with Crippen LogP contribution in [0.3, 0.4) is 0 Å². The van der Waals surface area contributed by atoms with Crippen LogP contribution in [0.15, 0.2) is 88.7 Å². The van der Waals surface area contributed by atoms with E-state index in [0.29, 0.717) is 22.4 Å². The second kappa shape index (κ2) is 6.54. The minimum absolute atomic E-state index is 0.228. The summed E-state index contributed by atoms with van der Waals surface area (Å²) in [5.74, 6) is 0. The maximum absolute atomic E-state index is 13.1. The molecule has 5 heteroatoms. The van der Waals surface area contributed by atoms with E-state index < -0.39 is 0 Å². The largest absolute Gasteiger partial charge is 0.470 e. The number of pyridine rings is 2. The highest BCUT2D eigenvalue weighted by Crippen LogP contribution is 2.26. The number of nitriles is 1. The van der Waals surface area contributed by atoms with Crippen molar-refractivity contribution in [1.29, 1.82) is 5.26 Å². The number of rotatable bonds is 3. The van der Waals surface area contributed by atoms with Gasteiger partial charge in [0.2, 0.25) is 0 Å². The van der Waals surface area contributed by atoms with Gasteiger partial charge in [-0.1, -0.05) is 24.3 Å². The van der Waals surface area contributed by atoms with Gasteiger partial charge in [0.05, 0.1) is 29.3 Å². The van der Waals surface area contributed by atoms with Crippen LogP contribution >= 0.6 is 0 Å². The Morgan fingerprint density at radius 2 is 1.88 bits per heavy atom. The Kier molecular flexibility index (Phi) is 3.92. The van der Waals surface area contributed by atoms with Gasteiger partial charge in [0.25, 0.3) is 5.56 Å². The summed E-state index contributed by atoms with van der Waals surface area (Å²) < 4.78 is 6.64. The molecule has 0 aliphatic rings. The molecule has 0 aliphatic heterocycles. The highest BCUT2D eigenvalue weighted by Gasteiger charge is 2.15. The predicted octanol–water partition coefficient (Wildman–Crippen LogP) is 4.03. The van der Waals surface area contributed by atoms with Gasteiger partial charge in [-0.05, 0) is 24.3 Å². The average molecular weight is 339 g/mol. The molecule has 0 spiro atoms. The third kappa shape index (κ3) is 2.70. The fraction of sp³-hybridized carbons (Fsp3) is 0. The Labute approximate surface area is 149 Å². The molecule has 1 aromatic carbocycles. The first-order chi connectivity index (χ1) is 12.8. The SMILES string of the molecule is N#Cc1ccccc1-c1cc(-c2ccccn2)cn(-c2ccoc2)c1=O. The Hall–Kier alpha value is -3.91. The van der Waals surface area contributed by atoms with E-state index in [4.69, 9.17) is 4.42 Å². The third-order valence-corrected chi connectivity index (χ3v) is 4.10. The molecule has 4 rings (SSSR count). The van der Waals surface area contributed by atoms with Crippen LogP contribution in [-0.4, -0.2) is 9.55 Å². The third-order valence-electron chi connectivity index (χ3n) is 4.10. The molecule has 0 saturated carbocycles. The first kappa shape index (κ1) is 15.6. The van der Waals surface area contributed by atoms with Gasteiger partial charge in [0, 0.05) is 35.2 Å². The van der Waals surface area contributed by atoms with Gasteiger partial charge in [-0.3, -0.25) is 14.3 Å². The molecule has 0 atom stereocenters. The highest BCUT2D eigenvalue weighted by molar-refractivity contribution is 5.74. The van der Waals surface area contributed by atoms with Gasteiger partial charge < -0.3 is 4.42 Å². The van der Waals surface area contributed by atoms with E-state index >= 15 is 0 Å². The lowest BCUT2D eigenvalue weighted by Gasteiger charge is -2.11. The van der Waals surface area contributed by atoms with Crippen LogP contribution < -0.4 is 5.56 Å². The molecule has 0 N–H and O–H groups in total. The van der Waals surface area contributed by atoms with Gasteiger partial charge >= 0.3 is 0 Å². The average Bonchev–Trinajstić information content (AvgIpc) is 3.23. The summed E-state index contributed by atoms with van der Waals surface area (Å²) in [6.07, 6.45) is 6.45. The Balaban J connectivity index is 2.04. The second-order valence-electron chi connectivity index (χ2n) is 5.67. The summed E-state index contributed by atoms with van der Waals surface area (Å²) in [7, 11) is 0. The molecule has 4 aromatic rings. The lowest BCUT2D eigenvalue weighted by molar-refractivity contribution is 0.565. The van der Waals surface area contributed by atoms with Crippen molar-refractivity contribution in [2.45, 2.75) is 0 Å². The molecule has 0 fully saturated rings. The van der Waals surface area contributed by atoms with Crippen molar-refractivity contribution in [3.63, 3.8) is 0 Å². The zero-order chi connectivity index (χ0) is 17.9. The number of nitrogens with zero attached hydrogens (tertiary/aromatic N) is 3. The Morgan fingerprint density at radius 1 is 1.04 bits per heavy atom. The summed E-state index contributed by atoms with van der Waals surface area (Å²) in [6, 6.07) is 18.3. The topological polar surface area (TPSA) is 71.8 Å². The lowest BCUT2D eigenvalue weighted by atomic mass is 9.99. The smallest absolute Gasteiger partial charge is 0.263 e. The molecule has 3 heterocycles. The van der Waals surface area contributed by atoms with E-state index in [2.05, 4.69) is 11.1 Å². The molecule has 0 amide bonds. The van der Waals surface area contributed by atoms with Crippen molar-refractivity contribution in [2.24, 2.45) is 0 Å². The number of benzene rings is 1. The Morgan fingerprint density at radius 3 is 2.62 bits per heavy atom. The molecule has 124 valence electrons. The number of hydrogen-bond acceptors (Lipinski definition) is 4. The van der Waals surface area contributed by atoms with Gasteiger partial charge in [0.15, 0.2) is 0 Å². The van der Waals surface area contributed by atoms with E-state index in [1.165, 1.54) is 17.1 Å². The van der Waals surface area contributed by atoms with E-state index in [1.807, 2.05) is 24.3 Å². The van der Waals surface area contributed by atoms with Crippen molar-refractivity contribution >= 4 is 0 Å². The maximum atomic E-state index is 13.1. The van der Waals surface area contributed by atoms with E-state index in [-0.39, 0.29) is 5.56 Å². The van der Waals surface area contributed by atoms with Crippen LogP contribution in [-0.2, 0) is 0 Å². The fourth-order valence-electron chi connectivity index (χ4n) is 2.85. The van der Waals surface area contributed by atoms with Crippen LogP contribution in [0.4, 0.5) is 0 Å². The standard InChI is InChI=1S/C21H13N3O2/c22-12-15-5-1-2-6-18(15)19-11-16(20-7-3-4-9-23-20)13-24(21(19)25)17-8-10-26-14-17/h1-11,13-14H. The molecule has 26 heavy (non-hydrogen) atoms. The zero-order valence-corrected chi connectivity index (χ0v) is 13.7. The number of furan rings is 1. The van der Waals surface area contributed by atoms with Crippen molar-refractivity contribution in [2.75, 3.05) is 0 Å². The molecule has 0 bridgehead atoms. The summed E-state index contributed by atoms with van der Waals surface area (Å²) in [4.78, 5) is 17.5. The zero-order valence-electron chi connectivity index (χ0n) is 13.7.